The highest BCUT2D eigenvalue weighted by Gasteiger charge is 2.10. The Morgan fingerprint density at radius 1 is 0.750 bits per heavy atom. The quantitative estimate of drug-likeness (QED) is 0.0936. The Labute approximate surface area is 149 Å². The fraction of sp³-hybridized carbons (Fsp3) is 0.895. The Balaban J connectivity index is 3.18. The van der Waals surface area contributed by atoms with Gasteiger partial charge in [0.1, 0.15) is 0 Å². The molecule has 0 fully saturated rings. The predicted octanol–water partition coefficient (Wildman–Crippen LogP) is 4.84. The van der Waals surface area contributed by atoms with E-state index in [1.54, 1.807) is 0 Å². The molecule has 24 heavy (non-hydrogen) atoms. The molecule has 0 saturated heterocycles. The molecular formula is C19H40N4O. The second-order valence-electron chi connectivity index (χ2n) is 6.85. The number of carbonyl (C=O) groups excluding carboxylic acids is 1. The second kappa shape index (κ2) is 16.7. The van der Waals surface area contributed by atoms with Crippen molar-refractivity contribution >= 4 is 11.9 Å². The van der Waals surface area contributed by atoms with Gasteiger partial charge in [0.2, 0.25) is 11.9 Å². The Kier molecular flexibility index (Phi) is 16.0. The minimum atomic E-state index is -0.388. The van der Waals surface area contributed by atoms with Crippen LogP contribution in [0.1, 0.15) is 110 Å². The molecule has 0 radical (unpaired) electrons. The highest BCUT2D eigenvalue weighted by Crippen LogP contribution is 2.13. The number of nitrogens with two attached hydrogens (primary N) is 2. The summed E-state index contributed by atoms with van der Waals surface area (Å²) in [7, 11) is 0. The summed E-state index contributed by atoms with van der Waals surface area (Å²) in [4.78, 5) is 11.5. The minimum Gasteiger partial charge on any atom is -0.369 e. The molecule has 0 atom stereocenters. The minimum absolute atomic E-state index is 0.266. The normalized spacial score (nSPS) is 10.8. The third-order valence-corrected chi connectivity index (χ3v) is 4.52. The zero-order valence-corrected chi connectivity index (χ0v) is 15.8. The summed E-state index contributed by atoms with van der Waals surface area (Å²) in [6.45, 7) is 2.27. The van der Waals surface area contributed by atoms with Gasteiger partial charge in [-0.05, 0) is 6.42 Å². The second-order valence-corrected chi connectivity index (χ2v) is 6.85. The van der Waals surface area contributed by atoms with E-state index in [0.717, 1.165) is 17.9 Å². The van der Waals surface area contributed by atoms with E-state index in [2.05, 4.69) is 6.92 Å². The Hall–Kier alpha value is -1.10. The van der Waals surface area contributed by atoms with Crippen molar-refractivity contribution in [3.63, 3.8) is 0 Å². The van der Waals surface area contributed by atoms with Crippen LogP contribution in [0.5, 0.6) is 0 Å². The zero-order chi connectivity index (χ0) is 18.0. The molecule has 0 spiro atoms. The molecule has 0 unspecified atom stereocenters. The summed E-state index contributed by atoms with van der Waals surface area (Å²) in [5.41, 5.74) is 5.16. The van der Waals surface area contributed by atoms with Gasteiger partial charge in [-0.1, -0.05) is 96.8 Å². The molecule has 142 valence electrons. The summed E-state index contributed by atoms with van der Waals surface area (Å²) >= 11 is 0. The Morgan fingerprint density at radius 2 is 1.08 bits per heavy atom. The van der Waals surface area contributed by atoms with Gasteiger partial charge in [0.05, 0.1) is 0 Å². The number of hydrogen-bond acceptors (Lipinski definition) is 3. The van der Waals surface area contributed by atoms with E-state index in [1.165, 1.54) is 83.5 Å². The number of carbonyl (C=O) groups is 1. The topological polar surface area (TPSA) is 96.2 Å². The molecule has 1 amide bonds. The molecule has 0 saturated carbocycles. The van der Waals surface area contributed by atoms with E-state index in [1.807, 2.05) is 0 Å². The summed E-state index contributed by atoms with van der Waals surface area (Å²) in [6.07, 6.45) is 19.9. The van der Waals surface area contributed by atoms with Crippen molar-refractivity contribution in [1.82, 2.24) is 5.01 Å². The fourth-order valence-electron chi connectivity index (χ4n) is 2.90. The lowest BCUT2D eigenvalue weighted by atomic mass is 10.0. The molecular weight excluding hydrogens is 300 g/mol. The van der Waals surface area contributed by atoms with Crippen molar-refractivity contribution in [2.45, 2.75) is 110 Å². The number of rotatable bonds is 16. The summed E-state index contributed by atoms with van der Waals surface area (Å²) in [5, 5.41) is 7.81. The number of guanidine groups is 1. The molecule has 5 N–H and O–H groups in total. The van der Waals surface area contributed by atoms with Crippen LogP contribution >= 0.6 is 0 Å². The van der Waals surface area contributed by atoms with Gasteiger partial charge in [0, 0.05) is 6.42 Å². The van der Waals surface area contributed by atoms with Crippen LogP contribution < -0.4 is 11.6 Å². The van der Waals surface area contributed by atoms with E-state index < -0.39 is 0 Å². The number of unbranched alkanes of at least 4 members (excludes halogenated alkanes) is 14. The van der Waals surface area contributed by atoms with Gasteiger partial charge in [0.25, 0.3) is 0 Å². The largest absolute Gasteiger partial charge is 0.369 e. The first-order valence-corrected chi connectivity index (χ1v) is 10.0. The van der Waals surface area contributed by atoms with Crippen LogP contribution in [0.4, 0.5) is 0 Å². The number of hydrazine groups is 1. The molecule has 0 aromatic heterocycles. The highest BCUT2D eigenvalue weighted by molar-refractivity contribution is 5.93. The number of nitrogens with zero attached hydrogens (tertiary/aromatic N) is 1. The van der Waals surface area contributed by atoms with Crippen LogP contribution in [-0.4, -0.2) is 16.9 Å². The molecule has 5 nitrogen and oxygen atoms in total. The Morgan fingerprint density at radius 3 is 1.42 bits per heavy atom. The number of nitrogens with one attached hydrogen (secondary N) is 1. The fourth-order valence-corrected chi connectivity index (χ4v) is 2.90. The maximum atomic E-state index is 11.5. The van der Waals surface area contributed by atoms with Gasteiger partial charge in [-0.25, -0.2) is 10.9 Å². The van der Waals surface area contributed by atoms with Gasteiger partial charge in [-0.3, -0.25) is 10.2 Å². The van der Waals surface area contributed by atoms with Gasteiger partial charge in [-0.2, -0.15) is 0 Å². The first-order valence-electron chi connectivity index (χ1n) is 10.0. The van der Waals surface area contributed by atoms with E-state index in [0.29, 0.717) is 6.42 Å². The van der Waals surface area contributed by atoms with Crippen molar-refractivity contribution in [3.8, 4) is 0 Å². The van der Waals surface area contributed by atoms with Crippen molar-refractivity contribution in [1.29, 1.82) is 5.41 Å². The number of amides is 1. The monoisotopic (exact) mass is 340 g/mol. The lowest BCUT2D eigenvalue weighted by Gasteiger charge is -2.13. The van der Waals surface area contributed by atoms with Gasteiger partial charge in [-0.15, -0.1) is 0 Å². The molecule has 0 heterocycles. The van der Waals surface area contributed by atoms with Crippen LogP contribution in [0.2, 0.25) is 0 Å². The van der Waals surface area contributed by atoms with Crippen LogP contribution in [0.3, 0.4) is 0 Å². The summed E-state index contributed by atoms with van der Waals surface area (Å²) in [5.74, 6) is 4.70. The van der Waals surface area contributed by atoms with Gasteiger partial charge >= 0.3 is 0 Å². The van der Waals surface area contributed by atoms with Crippen LogP contribution in [0.15, 0.2) is 0 Å². The summed E-state index contributed by atoms with van der Waals surface area (Å²) < 4.78 is 0. The summed E-state index contributed by atoms with van der Waals surface area (Å²) in [6, 6.07) is 0. The standard InChI is InChI=1S/C19H40N4O/c1-2-3-4-5-6-7-8-9-10-11-12-13-14-15-16-17-18(24)23(22)19(20)21/h2-17,22H2,1H3,(H3,20,21). The van der Waals surface area contributed by atoms with E-state index in [9.17, 15) is 4.79 Å². The van der Waals surface area contributed by atoms with E-state index in [-0.39, 0.29) is 11.9 Å². The molecule has 0 aliphatic carbocycles. The third kappa shape index (κ3) is 14.5. The highest BCUT2D eigenvalue weighted by atomic mass is 16.2. The predicted molar refractivity (Wildman–Crippen MR) is 102 cm³/mol. The van der Waals surface area contributed by atoms with Crippen LogP contribution in [-0.2, 0) is 4.79 Å². The van der Waals surface area contributed by atoms with Crippen LogP contribution in [0, 0.1) is 5.41 Å². The van der Waals surface area contributed by atoms with Gasteiger partial charge < -0.3 is 5.73 Å². The van der Waals surface area contributed by atoms with Crippen molar-refractivity contribution in [2.75, 3.05) is 0 Å². The molecule has 0 aromatic carbocycles. The maximum Gasteiger partial charge on any atom is 0.243 e. The lowest BCUT2D eigenvalue weighted by Crippen LogP contribution is -2.46. The lowest BCUT2D eigenvalue weighted by molar-refractivity contribution is -0.127. The van der Waals surface area contributed by atoms with Crippen molar-refractivity contribution < 1.29 is 4.79 Å². The van der Waals surface area contributed by atoms with Gasteiger partial charge in [0.15, 0.2) is 0 Å². The average Bonchev–Trinajstić information content (AvgIpc) is 2.57. The Bertz CT molecular complexity index is 320. The van der Waals surface area contributed by atoms with E-state index >= 15 is 0 Å². The maximum absolute atomic E-state index is 11.5. The molecule has 0 rings (SSSR count). The third-order valence-electron chi connectivity index (χ3n) is 4.52. The number of hydrogen-bond donors (Lipinski definition) is 3. The van der Waals surface area contributed by atoms with Crippen molar-refractivity contribution in [3.05, 3.63) is 0 Å². The first-order chi connectivity index (χ1) is 11.6. The average molecular weight is 341 g/mol. The molecule has 0 aliphatic rings. The van der Waals surface area contributed by atoms with Crippen LogP contribution in [0.25, 0.3) is 0 Å². The SMILES string of the molecule is CCCCCCCCCCCCCCCCCC(=O)N(N)C(=N)N. The smallest absolute Gasteiger partial charge is 0.243 e. The molecule has 0 aliphatic heterocycles. The molecule has 0 bridgehead atoms. The zero-order valence-electron chi connectivity index (χ0n) is 15.8. The molecule has 0 aromatic rings. The molecule has 5 heteroatoms. The first kappa shape index (κ1) is 22.9. The van der Waals surface area contributed by atoms with E-state index in [4.69, 9.17) is 17.0 Å². The van der Waals surface area contributed by atoms with Crippen molar-refractivity contribution in [2.24, 2.45) is 11.6 Å².